The van der Waals surface area contributed by atoms with Crippen molar-refractivity contribution < 1.29 is 9.90 Å². The minimum atomic E-state index is -0.758. The minimum absolute atomic E-state index is 0.107. The maximum absolute atomic E-state index is 11.2. The first kappa shape index (κ1) is 21.3. The molecule has 3 aromatic carbocycles. The van der Waals surface area contributed by atoms with Gasteiger partial charge in [-0.1, -0.05) is 84.4 Å². The van der Waals surface area contributed by atoms with Crippen LogP contribution >= 0.6 is 0 Å². The number of aliphatic carboxylic acids is 1. The van der Waals surface area contributed by atoms with E-state index in [9.17, 15) is 9.90 Å². The van der Waals surface area contributed by atoms with Gasteiger partial charge >= 0.3 is 5.97 Å². The highest BCUT2D eigenvalue weighted by molar-refractivity contribution is 5.69. The number of carboxylic acids is 1. The second-order valence-corrected chi connectivity index (χ2v) is 8.51. The van der Waals surface area contributed by atoms with Gasteiger partial charge in [-0.05, 0) is 36.1 Å². The van der Waals surface area contributed by atoms with Crippen LogP contribution in [0.5, 0.6) is 0 Å². The first-order chi connectivity index (χ1) is 15.0. The maximum atomic E-state index is 11.2. The van der Waals surface area contributed by atoms with Crippen LogP contribution in [0.15, 0.2) is 78.9 Å². The van der Waals surface area contributed by atoms with Crippen LogP contribution in [0, 0.1) is 6.92 Å². The van der Waals surface area contributed by atoms with E-state index in [-0.39, 0.29) is 18.6 Å². The Balaban J connectivity index is 1.61. The molecule has 1 unspecified atom stereocenters. The van der Waals surface area contributed by atoms with E-state index in [2.05, 4.69) is 103 Å². The molecule has 0 amide bonds. The Labute approximate surface area is 184 Å². The summed E-state index contributed by atoms with van der Waals surface area (Å²) in [5, 5.41) is 9.20. The van der Waals surface area contributed by atoms with E-state index in [0.717, 1.165) is 19.6 Å². The van der Waals surface area contributed by atoms with Crippen molar-refractivity contribution in [1.82, 2.24) is 9.80 Å². The molecule has 1 aliphatic rings. The highest BCUT2D eigenvalue weighted by atomic mass is 16.4. The van der Waals surface area contributed by atoms with Gasteiger partial charge in [-0.3, -0.25) is 14.6 Å². The highest BCUT2D eigenvalue weighted by Crippen LogP contribution is 2.32. The van der Waals surface area contributed by atoms with Gasteiger partial charge in [0.05, 0.1) is 12.6 Å². The topological polar surface area (TPSA) is 43.8 Å². The van der Waals surface area contributed by atoms with E-state index in [0.29, 0.717) is 0 Å². The summed E-state index contributed by atoms with van der Waals surface area (Å²) < 4.78 is 0. The van der Waals surface area contributed by atoms with E-state index in [1.54, 1.807) is 0 Å². The van der Waals surface area contributed by atoms with Crippen molar-refractivity contribution in [2.75, 3.05) is 26.2 Å². The summed E-state index contributed by atoms with van der Waals surface area (Å²) in [5.74, 6) is -0.758. The zero-order valence-corrected chi connectivity index (χ0v) is 18.2. The second kappa shape index (κ2) is 9.46. The van der Waals surface area contributed by atoms with Crippen molar-refractivity contribution >= 4 is 5.97 Å². The largest absolute Gasteiger partial charge is 0.480 e. The van der Waals surface area contributed by atoms with Gasteiger partial charge in [0.1, 0.15) is 0 Å². The van der Waals surface area contributed by atoms with Gasteiger partial charge in [-0.15, -0.1) is 0 Å². The summed E-state index contributed by atoms with van der Waals surface area (Å²) >= 11 is 0. The normalized spacial score (nSPS) is 18.6. The Morgan fingerprint density at radius 1 is 0.935 bits per heavy atom. The van der Waals surface area contributed by atoms with Gasteiger partial charge in [-0.2, -0.15) is 0 Å². The number of carboxylic acid groups (broad SMARTS) is 1. The molecule has 0 aromatic heterocycles. The summed E-state index contributed by atoms with van der Waals surface area (Å²) in [6, 6.07) is 28.5. The molecule has 1 heterocycles. The van der Waals surface area contributed by atoms with Gasteiger partial charge in [-0.25, -0.2) is 0 Å². The van der Waals surface area contributed by atoms with Crippen LogP contribution in [0.4, 0.5) is 0 Å². The summed E-state index contributed by atoms with van der Waals surface area (Å²) in [7, 11) is 0. The molecule has 0 bridgehead atoms. The van der Waals surface area contributed by atoms with Crippen molar-refractivity contribution in [1.29, 1.82) is 0 Å². The quantitative estimate of drug-likeness (QED) is 0.627. The summed E-state index contributed by atoms with van der Waals surface area (Å²) in [6.07, 6.45) is 0. The summed E-state index contributed by atoms with van der Waals surface area (Å²) in [4.78, 5) is 15.7. The van der Waals surface area contributed by atoms with Gasteiger partial charge in [0.25, 0.3) is 0 Å². The standard InChI is InChI=1S/C27H30N2O2/c1-20-7-6-10-25(17-20)22-11-13-24(14-12-22)27(23-8-4-3-5-9-23)29-16-15-28(19-26(30)31)21(2)18-29/h3-14,17,21,27H,15-16,18-19H2,1-2H3,(H,30,31)/t21-,27?/m1/s1. The number of hydrogen-bond donors (Lipinski definition) is 1. The van der Waals surface area contributed by atoms with Gasteiger partial charge in [0.2, 0.25) is 0 Å². The lowest BCUT2D eigenvalue weighted by Crippen LogP contribution is -2.54. The smallest absolute Gasteiger partial charge is 0.317 e. The van der Waals surface area contributed by atoms with Crippen LogP contribution in [-0.4, -0.2) is 53.1 Å². The number of rotatable bonds is 6. The lowest BCUT2D eigenvalue weighted by atomic mass is 9.93. The molecule has 0 radical (unpaired) electrons. The Morgan fingerprint density at radius 2 is 1.65 bits per heavy atom. The second-order valence-electron chi connectivity index (χ2n) is 8.51. The first-order valence-corrected chi connectivity index (χ1v) is 10.9. The molecule has 4 rings (SSSR count). The lowest BCUT2D eigenvalue weighted by molar-refractivity contribution is -0.139. The molecule has 0 saturated carbocycles. The van der Waals surface area contributed by atoms with Crippen LogP contribution in [-0.2, 0) is 4.79 Å². The van der Waals surface area contributed by atoms with E-state index in [4.69, 9.17) is 0 Å². The van der Waals surface area contributed by atoms with Crippen molar-refractivity contribution in [3.63, 3.8) is 0 Å². The van der Waals surface area contributed by atoms with Crippen molar-refractivity contribution in [3.05, 3.63) is 95.6 Å². The monoisotopic (exact) mass is 414 g/mol. The van der Waals surface area contributed by atoms with Crippen LogP contribution in [0.2, 0.25) is 0 Å². The number of benzene rings is 3. The van der Waals surface area contributed by atoms with Crippen LogP contribution in [0.1, 0.15) is 29.7 Å². The molecule has 0 spiro atoms. The van der Waals surface area contributed by atoms with Gasteiger partial charge in [0, 0.05) is 25.7 Å². The maximum Gasteiger partial charge on any atom is 0.317 e. The predicted molar refractivity (Wildman–Crippen MR) is 125 cm³/mol. The fraction of sp³-hybridized carbons (Fsp3) is 0.296. The Morgan fingerprint density at radius 3 is 2.29 bits per heavy atom. The molecule has 4 heteroatoms. The molecule has 31 heavy (non-hydrogen) atoms. The zero-order chi connectivity index (χ0) is 21.8. The molecule has 1 aliphatic heterocycles. The van der Waals surface area contributed by atoms with Crippen molar-refractivity contribution in [3.8, 4) is 11.1 Å². The fourth-order valence-electron chi connectivity index (χ4n) is 4.60. The first-order valence-electron chi connectivity index (χ1n) is 10.9. The number of nitrogens with zero attached hydrogens (tertiary/aromatic N) is 2. The van der Waals surface area contributed by atoms with Crippen molar-refractivity contribution in [2.24, 2.45) is 0 Å². The fourth-order valence-corrected chi connectivity index (χ4v) is 4.60. The molecule has 1 N–H and O–H groups in total. The lowest BCUT2D eigenvalue weighted by Gasteiger charge is -2.43. The average molecular weight is 415 g/mol. The van der Waals surface area contributed by atoms with Crippen LogP contribution in [0.25, 0.3) is 11.1 Å². The molecule has 0 aliphatic carbocycles. The number of aryl methyl sites for hydroxylation is 1. The molecular weight excluding hydrogens is 384 g/mol. The number of carbonyl (C=O) groups is 1. The number of piperazine rings is 1. The Hall–Kier alpha value is -2.95. The molecule has 3 aromatic rings. The molecule has 2 atom stereocenters. The van der Waals surface area contributed by atoms with E-state index in [1.807, 2.05) is 0 Å². The van der Waals surface area contributed by atoms with Crippen molar-refractivity contribution in [2.45, 2.75) is 25.9 Å². The SMILES string of the molecule is Cc1cccc(-c2ccc(C(c3ccccc3)N3CCN(CC(=O)O)[C@H](C)C3)cc2)c1. The summed E-state index contributed by atoms with van der Waals surface area (Å²) in [5.41, 5.74) is 6.25. The zero-order valence-electron chi connectivity index (χ0n) is 18.2. The molecule has 1 fully saturated rings. The third-order valence-electron chi connectivity index (χ3n) is 6.19. The predicted octanol–water partition coefficient (Wildman–Crippen LogP) is 4.84. The van der Waals surface area contributed by atoms with E-state index < -0.39 is 5.97 Å². The summed E-state index contributed by atoms with van der Waals surface area (Å²) in [6.45, 7) is 6.80. The Kier molecular flexibility index (Phi) is 6.50. The third-order valence-corrected chi connectivity index (χ3v) is 6.19. The van der Waals surface area contributed by atoms with E-state index in [1.165, 1.54) is 27.8 Å². The molecule has 1 saturated heterocycles. The average Bonchev–Trinajstić information content (AvgIpc) is 2.77. The van der Waals surface area contributed by atoms with Crippen LogP contribution in [0.3, 0.4) is 0 Å². The molecule has 160 valence electrons. The van der Waals surface area contributed by atoms with Crippen LogP contribution < -0.4 is 0 Å². The highest BCUT2D eigenvalue weighted by Gasteiger charge is 2.30. The minimum Gasteiger partial charge on any atom is -0.480 e. The van der Waals surface area contributed by atoms with Gasteiger partial charge in [0.15, 0.2) is 0 Å². The molecule has 4 nitrogen and oxygen atoms in total. The van der Waals surface area contributed by atoms with E-state index >= 15 is 0 Å². The number of hydrogen-bond acceptors (Lipinski definition) is 3. The van der Waals surface area contributed by atoms with Gasteiger partial charge < -0.3 is 5.11 Å². The molecular formula is C27H30N2O2. The third kappa shape index (κ3) is 5.04. The Bertz CT molecular complexity index is 1020.